The fraction of sp³-hybridized carbons (Fsp3) is 0.240. The number of carbonyl (C=O) groups excluding carboxylic acids is 2. The quantitative estimate of drug-likeness (QED) is 0.469. The van der Waals surface area contributed by atoms with Gasteiger partial charge in [-0.15, -0.1) is 0 Å². The second kappa shape index (κ2) is 10.7. The van der Waals surface area contributed by atoms with Gasteiger partial charge < -0.3 is 30.2 Å². The van der Waals surface area contributed by atoms with Crippen molar-refractivity contribution in [1.82, 2.24) is 10.3 Å². The number of hydrogen-bond donors (Lipinski definition) is 2. The fourth-order valence-electron chi connectivity index (χ4n) is 3.65. The summed E-state index contributed by atoms with van der Waals surface area (Å²) in [6.45, 7) is 1.33. The van der Waals surface area contributed by atoms with Gasteiger partial charge in [-0.1, -0.05) is 18.2 Å². The van der Waals surface area contributed by atoms with Crippen molar-refractivity contribution in [3.63, 3.8) is 0 Å². The van der Waals surface area contributed by atoms with Crippen LogP contribution in [-0.2, 0) is 9.53 Å². The summed E-state index contributed by atoms with van der Waals surface area (Å²) in [6, 6.07) is 19.7. The van der Waals surface area contributed by atoms with E-state index in [1.54, 1.807) is 36.4 Å². The molecular formula is C25H26N4O5. The molecule has 1 saturated heterocycles. The summed E-state index contributed by atoms with van der Waals surface area (Å²) in [7, 11) is 1.52. The molecule has 1 aliphatic heterocycles. The molecule has 176 valence electrons. The van der Waals surface area contributed by atoms with Crippen LogP contribution >= 0.6 is 0 Å². The van der Waals surface area contributed by atoms with E-state index in [4.69, 9.17) is 19.9 Å². The number of anilines is 1. The third kappa shape index (κ3) is 5.62. The highest BCUT2D eigenvalue weighted by Crippen LogP contribution is 2.30. The van der Waals surface area contributed by atoms with Crippen LogP contribution in [0.1, 0.15) is 16.8 Å². The number of methoxy groups -OCH3 is 1. The van der Waals surface area contributed by atoms with Gasteiger partial charge in [0.15, 0.2) is 0 Å². The average Bonchev–Trinajstić information content (AvgIpc) is 3.35. The normalized spacial score (nSPS) is 15.1. The molecule has 2 heterocycles. The van der Waals surface area contributed by atoms with E-state index in [1.165, 1.54) is 7.11 Å². The maximum absolute atomic E-state index is 12.2. The van der Waals surface area contributed by atoms with Crippen LogP contribution in [0.5, 0.6) is 23.1 Å². The zero-order chi connectivity index (χ0) is 23.9. The highest BCUT2D eigenvalue weighted by atomic mass is 16.5. The molecule has 4 rings (SSSR count). The molecule has 0 spiro atoms. The van der Waals surface area contributed by atoms with Crippen LogP contribution in [-0.4, -0.2) is 43.7 Å². The minimum atomic E-state index is -0.642. The van der Waals surface area contributed by atoms with Crippen LogP contribution in [0, 0.1) is 5.92 Å². The van der Waals surface area contributed by atoms with E-state index < -0.39 is 5.91 Å². The second-order valence-electron chi connectivity index (χ2n) is 7.78. The number of pyridine rings is 1. The molecule has 2 amide bonds. The number of carbonyl (C=O) groups is 2. The molecule has 1 aliphatic rings. The molecule has 3 N–H and O–H groups in total. The summed E-state index contributed by atoms with van der Waals surface area (Å²) < 4.78 is 16.6. The van der Waals surface area contributed by atoms with Gasteiger partial charge in [-0.25, -0.2) is 0 Å². The first-order chi connectivity index (χ1) is 16.5. The van der Waals surface area contributed by atoms with E-state index >= 15 is 0 Å². The van der Waals surface area contributed by atoms with Gasteiger partial charge >= 0.3 is 0 Å². The van der Waals surface area contributed by atoms with E-state index in [0.717, 1.165) is 5.75 Å². The smallest absolute Gasteiger partial charge is 0.254 e. The SMILES string of the molecule is COCNC(=O)C1CCN(c2ccc(C(N)=O)c(Oc3ccc(Oc4ccccc4)cc3)n2)C1. The van der Waals surface area contributed by atoms with Gasteiger partial charge in [0, 0.05) is 20.2 Å². The van der Waals surface area contributed by atoms with Crippen LogP contribution in [0.3, 0.4) is 0 Å². The predicted molar refractivity (Wildman–Crippen MR) is 126 cm³/mol. The van der Waals surface area contributed by atoms with Gasteiger partial charge in [-0.2, -0.15) is 4.98 Å². The van der Waals surface area contributed by atoms with Gasteiger partial charge in [0.2, 0.25) is 11.8 Å². The molecule has 1 fully saturated rings. The first-order valence-electron chi connectivity index (χ1n) is 10.9. The van der Waals surface area contributed by atoms with E-state index in [1.807, 2.05) is 35.2 Å². The molecule has 34 heavy (non-hydrogen) atoms. The van der Waals surface area contributed by atoms with Gasteiger partial charge in [-0.3, -0.25) is 9.59 Å². The largest absolute Gasteiger partial charge is 0.457 e. The maximum atomic E-state index is 12.2. The Morgan fingerprint density at radius 1 is 1.00 bits per heavy atom. The van der Waals surface area contributed by atoms with Crippen molar-refractivity contribution in [2.45, 2.75) is 6.42 Å². The fourth-order valence-corrected chi connectivity index (χ4v) is 3.65. The maximum Gasteiger partial charge on any atom is 0.254 e. The lowest BCUT2D eigenvalue weighted by molar-refractivity contribution is -0.125. The monoisotopic (exact) mass is 462 g/mol. The number of ether oxygens (including phenoxy) is 3. The molecule has 0 saturated carbocycles. The lowest BCUT2D eigenvalue weighted by Gasteiger charge is -2.19. The minimum absolute atomic E-state index is 0.0626. The Labute approximate surface area is 197 Å². The second-order valence-corrected chi connectivity index (χ2v) is 7.78. The van der Waals surface area contributed by atoms with Crippen molar-refractivity contribution in [1.29, 1.82) is 0 Å². The summed E-state index contributed by atoms with van der Waals surface area (Å²) in [4.78, 5) is 30.7. The summed E-state index contributed by atoms with van der Waals surface area (Å²) in [6.07, 6.45) is 0.688. The van der Waals surface area contributed by atoms with Crippen molar-refractivity contribution >= 4 is 17.6 Å². The Morgan fingerprint density at radius 3 is 2.35 bits per heavy atom. The van der Waals surface area contributed by atoms with Crippen LogP contribution in [0.15, 0.2) is 66.7 Å². The number of benzene rings is 2. The molecule has 3 aromatic rings. The topological polar surface area (TPSA) is 116 Å². The number of hydrogen-bond acceptors (Lipinski definition) is 7. The van der Waals surface area contributed by atoms with Crippen molar-refractivity contribution in [2.75, 3.05) is 31.8 Å². The van der Waals surface area contributed by atoms with Gasteiger partial charge in [0.1, 0.15) is 35.4 Å². The summed E-state index contributed by atoms with van der Waals surface area (Å²) in [5, 5.41) is 2.73. The van der Waals surface area contributed by atoms with Crippen molar-refractivity contribution in [3.8, 4) is 23.1 Å². The molecule has 1 aromatic heterocycles. The molecule has 9 nitrogen and oxygen atoms in total. The van der Waals surface area contributed by atoms with Crippen LogP contribution in [0.25, 0.3) is 0 Å². The molecule has 0 bridgehead atoms. The number of nitrogens with two attached hydrogens (primary N) is 1. The van der Waals surface area contributed by atoms with Gasteiger partial charge in [-0.05, 0) is 55.0 Å². The molecule has 1 atom stereocenters. The molecular weight excluding hydrogens is 436 g/mol. The van der Waals surface area contributed by atoms with Gasteiger partial charge in [0.25, 0.3) is 5.91 Å². The molecule has 1 unspecified atom stereocenters. The highest BCUT2D eigenvalue weighted by molar-refractivity contribution is 5.95. The summed E-state index contributed by atoms with van der Waals surface area (Å²) >= 11 is 0. The Bertz CT molecular complexity index is 1140. The molecule has 0 aliphatic carbocycles. The van der Waals surface area contributed by atoms with Crippen molar-refractivity contribution in [3.05, 3.63) is 72.3 Å². The number of amides is 2. The third-order valence-corrected chi connectivity index (χ3v) is 5.40. The lowest BCUT2D eigenvalue weighted by atomic mass is 10.1. The minimum Gasteiger partial charge on any atom is -0.457 e. The first-order valence-corrected chi connectivity index (χ1v) is 10.9. The van der Waals surface area contributed by atoms with Gasteiger partial charge in [0.05, 0.1) is 5.92 Å². The van der Waals surface area contributed by atoms with E-state index in [0.29, 0.717) is 36.8 Å². The third-order valence-electron chi connectivity index (χ3n) is 5.40. The number of para-hydroxylation sites is 1. The number of nitrogens with one attached hydrogen (secondary N) is 1. The summed E-state index contributed by atoms with van der Waals surface area (Å²) in [5.41, 5.74) is 5.70. The van der Waals surface area contributed by atoms with Crippen LogP contribution in [0.4, 0.5) is 5.82 Å². The molecule has 9 heteroatoms. The Kier molecular flexibility index (Phi) is 7.24. The average molecular weight is 463 g/mol. The van der Waals surface area contributed by atoms with Crippen molar-refractivity contribution < 1.29 is 23.8 Å². The zero-order valence-electron chi connectivity index (χ0n) is 18.8. The summed E-state index contributed by atoms with van der Waals surface area (Å²) in [5.74, 6) is 1.68. The number of nitrogens with zero attached hydrogens (tertiary/aromatic N) is 2. The lowest BCUT2D eigenvalue weighted by Crippen LogP contribution is -2.34. The van der Waals surface area contributed by atoms with Crippen LogP contribution < -0.4 is 25.4 Å². The van der Waals surface area contributed by atoms with E-state index in [-0.39, 0.29) is 30.0 Å². The molecule has 2 aromatic carbocycles. The number of rotatable bonds is 9. The standard InChI is InChI=1S/C25H26N4O5/c1-32-16-27-24(31)17-13-14-29(15-17)22-12-11-21(23(26)30)25(28-22)34-20-9-7-19(8-10-20)33-18-5-3-2-4-6-18/h2-12,17H,13-16H2,1H3,(H2,26,30)(H,27,31). The molecule has 0 radical (unpaired) electrons. The van der Waals surface area contributed by atoms with E-state index in [9.17, 15) is 9.59 Å². The predicted octanol–water partition coefficient (Wildman–Crippen LogP) is 3.31. The Balaban J connectivity index is 1.47. The number of aromatic nitrogens is 1. The Morgan fingerprint density at radius 2 is 1.68 bits per heavy atom. The van der Waals surface area contributed by atoms with E-state index in [2.05, 4.69) is 10.3 Å². The van der Waals surface area contributed by atoms with Crippen molar-refractivity contribution in [2.24, 2.45) is 11.7 Å². The zero-order valence-corrected chi connectivity index (χ0v) is 18.8. The first kappa shape index (κ1) is 23.1. The highest BCUT2D eigenvalue weighted by Gasteiger charge is 2.29. The Hall–Kier alpha value is -4.11. The van der Waals surface area contributed by atoms with Crippen LogP contribution in [0.2, 0.25) is 0 Å². The number of primary amides is 1.